The first-order chi connectivity index (χ1) is 9.16. The number of hydrogen-bond donors (Lipinski definition) is 1. The zero-order chi connectivity index (χ0) is 14.3. The van der Waals surface area contributed by atoms with E-state index in [1.54, 1.807) is 18.3 Å². The number of nitrogens with one attached hydrogen (secondary N) is 1. The maximum absolute atomic E-state index is 12.0. The number of aryl methyl sites for hydroxylation is 2. The molecule has 0 radical (unpaired) electrons. The van der Waals surface area contributed by atoms with Gasteiger partial charge >= 0.3 is 0 Å². The minimum atomic E-state index is -0.126. The lowest BCUT2D eigenvalue weighted by Crippen LogP contribution is -2.14. The average Bonchev–Trinajstić information content (AvgIpc) is 2.44. The molecule has 0 saturated heterocycles. The van der Waals surface area contributed by atoms with Crippen LogP contribution in [0.2, 0.25) is 0 Å². The topological polar surface area (TPSA) is 42.0 Å². The normalized spacial score (nSPS) is 9.26. The van der Waals surface area contributed by atoms with E-state index in [9.17, 15) is 4.79 Å². The van der Waals surface area contributed by atoms with Crippen LogP contribution in [-0.4, -0.2) is 10.9 Å². The molecule has 0 atom stereocenters. The average molecular weight is 256 g/mol. The Morgan fingerprint density at radius 3 is 2.32 bits per heavy atom. The lowest BCUT2D eigenvalue weighted by Gasteiger charge is -2.06. The summed E-state index contributed by atoms with van der Waals surface area (Å²) in [5, 5.41) is 2.78. The molecule has 3 heteroatoms. The SMILES string of the molecule is CC.Cc1ccc(NC(=O)c2ccccc2C)nc1. The monoisotopic (exact) mass is 256 g/mol. The van der Waals surface area contributed by atoms with Crippen LogP contribution in [0.25, 0.3) is 0 Å². The lowest BCUT2D eigenvalue weighted by molar-refractivity contribution is 0.102. The van der Waals surface area contributed by atoms with Crippen molar-refractivity contribution in [3.05, 3.63) is 59.3 Å². The van der Waals surface area contributed by atoms with Gasteiger partial charge < -0.3 is 5.32 Å². The molecule has 1 heterocycles. The van der Waals surface area contributed by atoms with Crippen molar-refractivity contribution in [3.8, 4) is 0 Å². The molecule has 2 rings (SSSR count). The van der Waals surface area contributed by atoms with Crippen LogP contribution in [-0.2, 0) is 0 Å². The number of aromatic nitrogens is 1. The first-order valence-corrected chi connectivity index (χ1v) is 6.46. The quantitative estimate of drug-likeness (QED) is 0.883. The summed E-state index contributed by atoms with van der Waals surface area (Å²) in [6.07, 6.45) is 1.73. The van der Waals surface area contributed by atoms with Gasteiger partial charge in [0.15, 0.2) is 0 Å². The number of carbonyl (C=O) groups is 1. The second-order valence-electron chi connectivity index (χ2n) is 3.99. The van der Waals surface area contributed by atoms with Gasteiger partial charge in [-0.15, -0.1) is 0 Å². The van der Waals surface area contributed by atoms with Crippen LogP contribution in [0.5, 0.6) is 0 Å². The molecule has 0 aliphatic heterocycles. The molecule has 0 bridgehead atoms. The summed E-state index contributed by atoms with van der Waals surface area (Å²) < 4.78 is 0. The number of anilines is 1. The molecule has 1 aromatic heterocycles. The number of amides is 1. The minimum absolute atomic E-state index is 0.126. The van der Waals surface area contributed by atoms with E-state index >= 15 is 0 Å². The molecular weight excluding hydrogens is 236 g/mol. The zero-order valence-corrected chi connectivity index (χ0v) is 11.9. The summed E-state index contributed by atoms with van der Waals surface area (Å²) in [6.45, 7) is 7.87. The fraction of sp³-hybridized carbons (Fsp3) is 0.250. The Balaban J connectivity index is 0.000000861. The maximum atomic E-state index is 12.0. The van der Waals surface area contributed by atoms with E-state index < -0.39 is 0 Å². The summed E-state index contributed by atoms with van der Waals surface area (Å²) >= 11 is 0. The number of nitrogens with zero attached hydrogens (tertiary/aromatic N) is 1. The molecule has 0 unspecified atom stereocenters. The van der Waals surface area contributed by atoms with Gasteiger partial charge in [0.25, 0.3) is 5.91 Å². The Kier molecular flexibility index (Phi) is 5.73. The predicted octanol–water partition coefficient (Wildman–Crippen LogP) is 3.98. The van der Waals surface area contributed by atoms with Crippen LogP contribution in [0.3, 0.4) is 0 Å². The number of benzene rings is 1. The van der Waals surface area contributed by atoms with Gasteiger partial charge in [-0.25, -0.2) is 4.98 Å². The zero-order valence-electron chi connectivity index (χ0n) is 11.9. The van der Waals surface area contributed by atoms with E-state index in [1.165, 1.54) is 0 Å². The summed E-state index contributed by atoms with van der Waals surface area (Å²) in [4.78, 5) is 16.1. The van der Waals surface area contributed by atoms with Gasteiger partial charge in [0, 0.05) is 11.8 Å². The minimum Gasteiger partial charge on any atom is -0.307 e. The van der Waals surface area contributed by atoms with Crippen LogP contribution in [0, 0.1) is 13.8 Å². The van der Waals surface area contributed by atoms with Crippen molar-refractivity contribution >= 4 is 11.7 Å². The number of carbonyl (C=O) groups excluding carboxylic acids is 1. The van der Waals surface area contributed by atoms with Crippen molar-refractivity contribution in [2.24, 2.45) is 0 Å². The molecule has 19 heavy (non-hydrogen) atoms. The second-order valence-corrected chi connectivity index (χ2v) is 3.99. The molecule has 1 aromatic carbocycles. The molecular formula is C16H20N2O. The highest BCUT2D eigenvalue weighted by Gasteiger charge is 2.08. The molecule has 100 valence electrons. The Bertz CT molecular complexity index is 533. The highest BCUT2D eigenvalue weighted by atomic mass is 16.1. The van der Waals surface area contributed by atoms with E-state index in [-0.39, 0.29) is 5.91 Å². The van der Waals surface area contributed by atoms with Crippen LogP contribution >= 0.6 is 0 Å². The Labute approximate surface area is 114 Å². The first kappa shape index (κ1) is 14.9. The first-order valence-electron chi connectivity index (χ1n) is 6.46. The van der Waals surface area contributed by atoms with E-state index in [0.717, 1.165) is 11.1 Å². The van der Waals surface area contributed by atoms with Crippen molar-refractivity contribution in [3.63, 3.8) is 0 Å². The molecule has 0 spiro atoms. The molecule has 0 aliphatic carbocycles. The van der Waals surface area contributed by atoms with E-state index in [1.807, 2.05) is 52.0 Å². The van der Waals surface area contributed by atoms with Gasteiger partial charge in [-0.2, -0.15) is 0 Å². The van der Waals surface area contributed by atoms with Gasteiger partial charge in [0.2, 0.25) is 0 Å². The van der Waals surface area contributed by atoms with Crippen LogP contribution in [0.1, 0.15) is 35.3 Å². The van der Waals surface area contributed by atoms with Crippen molar-refractivity contribution in [1.82, 2.24) is 4.98 Å². The van der Waals surface area contributed by atoms with E-state index in [4.69, 9.17) is 0 Å². The Morgan fingerprint density at radius 1 is 1.05 bits per heavy atom. The van der Waals surface area contributed by atoms with E-state index in [2.05, 4.69) is 10.3 Å². The summed E-state index contributed by atoms with van der Waals surface area (Å²) in [7, 11) is 0. The number of rotatable bonds is 2. The third kappa shape index (κ3) is 4.21. The number of pyridine rings is 1. The highest BCUT2D eigenvalue weighted by molar-refractivity contribution is 6.04. The third-order valence-corrected chi connectivity index (χ3v) is 2.54. The highest BCUT2D eigenvalue weighted by Crippen LogP contribution is 2.10. The molecule has 1 N–H and O–H groups in total. The fourth-order valence-corrected chi connectivity index (χ4v) is 1.55. The third-order valence-electron chi connectivity index (χ3n) is 2.54. The molecule has 0 saturated carbocycles. The van der Waals surface area contributed by atoms with Crippen molar-refractivity contribution in [2.75, 3.05) is 5.32 Å². The summed E-state index contributed by atoms with van der Waals surface area (Å²) in [5.41, 5.74) is 2.70. The summed E-state index contributed by atoms with van der Waals surface area (Å²) in [6, 6.07) is 11.2. The van der Waals surface area contributed by atoms with Crippen molar-refractivity contribution in [2.45, 2.75) is 27.7 Å². The molecule has 3 nitrogen and oxygen atoms in total. The largest absolute Gasteiger partial charge is 0.307 e. The number of hydrogen-bond acceptors (Lipinski definition) is 2. The van der Waals surface area contributed by atoms with Crippen LogP contribution in [0.4, 0.5) is 5.82 Å². The smallest absolute Gasteiger partial charge is 0.257 e. The van der Waals surface area contributed by atoms with Gasteiger partial charge in [-0.05, 0) is 37.1 Å². The maximum Gasteiger partial charge on any atom is 0.257 e. The van der Waals surface area contributed by atoms with Crippen LogP contribution < -0.4 is 5.32 Å². The van der Waals surface area contributed by atoms with Gasteiger partial charge in [-0.3, -0.25) is 4.79 Å². The second kappa shape index (κ2) is 7.31. The van der Waals surface area contributed by atoms with Gasteiger partial charge in [0.1, 0.15) is 5.82 Å². The van der Waals surface area contributed by atoms with Gasteiger partial charge in [-0.1, -0.05) is 38.1 Å². The van der Waals surface area contributed by atoms with Crippen LogP contribution in [0.15, 0.2) is 42.6 Å². The molecule has 0 aliphatic rings. The lowest BCUT2D eigenvalue weighted by atomic mass is 10.1. The summed E-state index contributed by atoms with van der Waals surface area (Å²) in [5.74, 6) is 0.448. The molecule has 2 aromatic rings. The molecule has 1 amide bonds. The van der Waals surface area contributed by atoms with E-state index in [0.29, 0.717) is 11.4 Å². The van der Waals surface area contributed by atoms with Gasteiger partial charge in [0.05, 0.1) is 0 Å². The van der Waals surface area contributed by atoms with Crippen molar-refractivity contribution in [1.29, 1.82) is 0 Å². The Morgan fingerprint density at radius 2 is 1.74 bits per heavy atom. The standard InChI is InChI=1S/C14H14N2O.C2H6/c1-10-7-8-13(15-9-10)16-14(17)12-6-4-3-5-11(12)2;1-2/h3-9H,1-2H3,(H,15,16,17);1-2H3. The Hall–Kier alpha value is -2.16. The fourth-order valence-electron chi connectivity index (χ4n) is 1.55. The molecule has 0 fully saturated rings. The predicted molar refractivity (Wildman–Crippen MR) is 79.5 cm³/mol. The van der Waals surface area contributed by atoms with Crippen molar-refractivity contribution < 1.29 is 4.79 Å².